The van der Waals surface area contributed by atoms with E-state index in [1.54, 1.807) is 12.1 Å². The van der Waals surface area contributed by atoms with Crippen molar-refractivity contribution < 1.29 is 4.39 Å². The van der Waals surface area contributed by atoms with Gasteiger partial charge in [-0.05, 0) is 43.2 Å². The highest BCUT2D eigenvalue weighted by Gasteiger charge is 2.33. The zero-order valence-electron chi connectivity index (χ0n) is 10.2. The Hall–Kier alpha value is -0.890. The summed E-state index contributed by atoms with van der Waals surface area (Å²) in [4.78, 5) is 0. The molecule has 2 saturated carbocycles. The number of halogens is 1. The Bertz CT molecular complexity index is 378. The third kappa shape index (κ3) is 2.37. The summed E-state index contributed by atoms with van der Waals surface area (Å²) >= 11 is 0. The largest absolute Gasteiger partial charge is 0.311 e. The number of hydrogen-bond donors (Lipinski definition) is 1. The van der Waals surface area contributed by atoms with Gasteiger partial charge in [0.25, 0.3) is 0 Å². The van der Waals surface area contributed by atoms with Crippen molar-refractivity contribution in [3.8, 4) is 0 Å². The second kappa shape index (κ2) is 4.77. The fourth-order valence-corrected chi connectivity index (χ4v) is 3.24. The molecule has 1 nitrogen and oxygen atoms in total. The summed E-state index contributed by atoms with van der Waals surface area (Å²) in [7, 11) is 0. The van der Waals surface area contributed by atoms with Crippen LogP contribution in [0.15, 0.2) is 24.3 Å². The van der Waals surface area contributed by atoms with Crippen molar-refractivity contribution in [1.29, 1.82) is 0 Å². The minimum absolute atomic E-state index is 0.0307. The fraction of sp³-hybridized carbons (Fsp3) is 0.600. The highest BCUT2D eigenvalue weighted by Crippen LogP contribution is 2.38. The molecule has 0 bridgehead atoms. The van der Waals surface area contributed by atoms with Crippen LogP contribution >= 0.6 is 0 Å². The van der Waals surface area contributed by atoms with Gasteiger partial charge in [-0.25, -0.2) is 4.39 Å². The van der Waals surface area contributed by atoms with Gasteiger partial charge in [0, 0.05) is 12.1 Å². The smallest absolute Gasteiger partial charge is 0.126 e. The highest BCUT2D eigenvalue weighted by atomic mass is 19.1. The second-order valence-corrected chi connectivity index (χ2v) is 5.53. The van der Waals surface area contributed by atoms with Crippen molar-refractivity contribution in [2.24, 2.45) is 0 Å². The van der Waals surface area contributed by atoms with Crippen LogP contribution in [0.25, 0.3) is 0 Å². The van der Waals surface area contributed by atoms with Crippen LogP contribution in [0.2, 0.25) is 0 Å². The molecule has 0 atom stereocenters. The third-order valence-electron chi connectivity index (χ3n) is 4.31. The molecule has 0 radical (unpaired) electrons. The minimum atomic E-state index is -0.0307. The first-order chi connectivity index (χ1) is 8.33. The zero-order valence-corrected chi connectivity index (χ0v) is 10.2. The van der Waals surface area contributed by atoms with Crippen LogP contribution in [0, 0.1) is 5.82 Å². The first-order valence-corrected chi connectivity index (χ1v) is 6.83. The summed E-state index contributed by atoms with van der Waals surface area (Å²) in [5, 5.41) is 3.71. The molecule has 3 rings (SSSR count). The standard InChI is InChI=1S/C15H20FN/c16-15-8-4-3-7-14(15)11-9-13(10-11)17-12-5-1-2-6-12/h3-4,7-8,11-13,17H,1-2,5-6,9-10H2. The quantitative estimate of drug-likeness (QED) is 0.841. The summed E-state index contributed by atoms with van der Waals surface area (Å²) in [6, 6.07) is 8.59. The van der Waals surface area contributed by atoms with Crippen LogP contribution in [0.4, 0.5) is 4.39 Å². The lowest BCUT2D eigenvalue weighted by Gasteiger charge is -2.38. The number of benzene rings is 1. The van der Waals surface area contributed by atoms with Gasteiger partial charge in [-0.2, -0.15) is 0 Å². The van der Waals surface area contributed by atoms with Gasteiger partial charge >= 0.3 is 0 Å². The van der Waals surface area contributed by atoms with Gasteiger partial charge in [-0.1, -0.05) is 31.0 Å². The molecule has 0 amide bonds. The van der Waals surface area contributed by atoms with E-state index in [0.717, 1.165) is 24.4 Å². The fourth-order valence-electron chi connectivity index (χ4n) is 3.24. The Labute approximate surface area is 102 Å². The summed E-state index contributed by atoms with van der Waals surface area (Å²) in [6.07, 6.45) is 7.64. The zero-order chi connectivity index (χ0) is 11.7. The molecule has 0 spiro atoms. The van der Waals surface area contributed by atoms with Gasteiger partial charge in [0.2, 0.25) is 0 Å². The van der Waals surface area contributed by atoms with Crippen LogP contribution in [-0.4, -0.2) is 12.1 Å². The van der Waals surface area contributed by atoms with Gasteiger partial charge in [-0.3, -0.25) is 0 Å². The molecular formula is C15H20FN. The van der Waals surface area contributed by atoms with Gasteiger partial charge < -0.3 is 5.32 Å². The SMILES string of the molecule is Fc1ccccc1C1CC(NC2CCCC2)C1. The van der Waals surface area contributed by atoms with E-state index in [1.165, 1.54) is 25.7 Å². The summed E-state index contributed by atoms with van der Waals surface area (Å²) in [6.45, 7) is 0. The number of hydrogen-bond acceptors (Lipinski definition) is 1. The molecule has 0 heterocycles. The molecule has 0 aromatic heterocycles. The van der Waals surface area contributed by atoms with Crippen molar-refractivity contribution in [3.05, 3.63) is 35.6 Å². The Morgan fingerprint density at radius 1 is 1.00 bits per heavy atom. The molecule has 0 aliphatic heterocycles. The van der Waals surface area contributed by atoms with E-state index in [4.69, 9.17) is 0 Å². The Kier molecular flexibility index (Phi) is 3.15. The van der Waals surface area contributed by atoms with E-state index >= 15 is 0 Å². The van der Waals surface area contributed by atoms with Crippen LogP contribution in [0.1, 0.15) is 50.0 Å². The van der Waals surface area contributed by atoms with E-state index in [0.29, 0.717) is 12.0 Å². The summed E-state index contributed by atoms with van der Waals surface area (Å²) in [5.74, 6) is 0.409. The predicted molar refractivity (Wildman–Crippen MR) is 67.6 cm³/mol. The number of nitrogens with one attached hydrogen (secondary N) is 1. The molecule has 92 valence electrons. The molecule has 1 aromatic carbocycles. The molecule has 1 N–H and O–H groups in total. The van der Waals surface area contributed by atoms with E-state index < -0.39 is 0 Å². The average Bonchev–Trinajstić information content (AvgIpc) is 2.77. The van der Waals surface area contributed by atoms with Crippen LogP contribution < -0.4 is 5.32 Å². The molecule has 2 aliphatic carbocycles. The van der Waals surface area contributed by atoms with Crippen LogP contribution in [0.3, 0.4) is 0 Å². The first kappa shape index (κ1) is 11.2. The molecule has 2 fully saturated rings. The van der Waals surface area contributed by atoms with Crippen molar-refractivity contribution in [3.63, 3.8) is 0 Å². The first-order valence-electron chi connectivity index (χ1n) is 6.83. The van der Waals surface area contributed by atoms with E-state index in [9.17, 15) is 4.39 Å². The molecule has 2 aliphatic rings. The Morgan fingerprint density at radius 2 is 1.71 bits per heavy atom. The maximum Gasteiger partial charge on any atom is 0.126 e. The average molecular weight is 233 g/mol. The minimum Gasteiger partial charge on any atom is -0.311 e. The monoisotopic (exact) mass is 233 g/mol. The van der Waals surface area contributed by atoms with E-state index in [-0.39, 0.29) is 5.82 Å². The van der Waals surface area contributed by atoms with Gasteiger partial charge in [0.1, 0.15) is 5.82 Å². The second-order valence-electron chi connectivity index (χ2n) is 5.53. The molecule has 17 heavy (non-hydrogen) atoms. The lowest BCUT2D eigenvalue weighted by molar-refractivity contribution is 0.261. The Morgan fingerprint density at radius 3 is 2.41 bits per heavy atom. The number of rotatable bonds is 3. The summed E-state index contributed by atoms with van der Waals surface area (Å²) in [5.41, 5.74) is 0.914. The van der Waals surface area contributed by atoms with Gasteiger partial charge in [0.15, 0.2) is 0 Å². The van der Waals surface area contributed by atoms with Gasteiger partial charge in [0.05, 0.1) is 0 Å². The van der Waals surface area contributed by atoms with E-state index in [1.807, 2.05) is 12.1 Å². The lowest BCUT2D eigenvalue weighted by atomic mass is 9.75. The Balaban J connectivity index is 1.52. The van der Waals surface area contributed by atoms with Crippen molar-refractivity contribution in [1.82, 2.24) is 5.32 Å². The van der Waals surface area contributed by atoms with Crippen molar-refractivity contribution in [2.75, 3.05) is 0 Å². The predicted octanol–water partition coefficient (Wildman–Crippen LogP) is 3.60. The maximum absolute atomic E-state index is 13.6. The molecular weight excluding hydrogens is 213 g/mol. The van der Waals surface area contributed by atoms with Crippen molar-refractivity contribution in [2.45, 2.75) is 56.5 Å². The molecule has 0 unspecified atom stereocenters. The maximum atomic E-state index is 13.6. The third-order valence-corrected chi connectivity index (χ3v) is 4.31. The molecule has 1 aromatic rings. The van der Waals surface area contributed by atoms with Crippen LogP contribution in [0.5, 0.6) is 0 Å². The lowest BCUT2D eigenvalue weighted by Crippen LogP contribution is -2.44. The highest BCUT2D eigenvalue weighted by molar-refractivity contribution is 5.24. The van der Waals surface area contributed by atoms with E-state index in [2.05, 4.69) is 5.32 Å². The normalized spacial score (nSPS) is 29.2. The van der Waals surface area contributed by atoms with Crippen LogP contribution in [-0.2, 0) is 0 Å². The summed E-state index contributed by atoms with van der Waals surface area (Å²) < 4.78 is 13.6. The van der Waals surface area contributed by atoms with Crippen molar-refractivity contribution >= 4 is 0 Å². The molecule has 2 heteroatoms. The topological polar surface area (TPSA) is 12.0 Å². The molecule has 0 saturated heterocycles. The van der Waals surface area contributed by atoms with Gasteiger partial charge in [-0.15, -0.1) is 0 Å².